The van der Waals surface area contributed by atoms with Crippen LogP contribution in [-0.4, -0.2) is 44.7 Å². The highest BCUT2D eigenvalue weighted by Crippen LogP contribution is 2.29. The molecule has 0 heterocycles. The van der Waals surface area contributed by atoms with Crippen LogP contribution in [0.5, 0.6) is 11.5 Å². The third-order valence-electron chi connectivity index (χ3n) is 3.97. The van der Waals surface area contributed by atoms with Crippen molar-refractivity contribution in [1.82, 2.24) is 5.32 Å². The van der Waals surface area contributed by atoms with Gasteiger partial charge in [0.2, 0.25) is 5.91 Å². The summed E-state index contributed by atoms with van der Waals surface area (Å²) in [6.45, 7) is 1.12. The highest BCUT2D eigenvalue weighted by atomic mass is 16.5. The van der Waals surface area contributed by atoms with Crippen molar-refractivity contribution >= 4 is 23.5 Å². The number of carbonyl (C=O) groups is 3. The van der Waals surface area contributed by atoms with Crippen LogP contribution in [0.15, 0.2) is 48.5 Å². The largest absolute Gasteiger partial charge is 0.493 e. The minimum atomic E-state index is -1.04. The molecule has 0 aromatic heterocycles. The average molecular weight is 400 g/mol. The van der Waals surface area contributed by atoms with Crippen LogP contribution in [0.4, 0.5) is 5.69 Å². The highest BCUT2D eigenvalue weighted by molar-refractivity contribution is 5.95. The molecule has 0 saturated carbocycles. The Balaban J connectivity index is 1.79. The van der Waals surface area contributed by atoms with E-state index in [4.69, 9.17) is 14.2 Å². The van der Waals surface area contributed by atoms with Gasteiger partial charge < -0.3 is 24.8 Å². The number of hydrogen-bond acceptors (Lipinski definition) is 6. The number of amides is 2. The maximum atomic E-state index is 12.2. The molecule has 0 unspecified atom stereocenters. The molecular formula is C21H24N2O6. The van der Waals surface area contributed by atoms with Crippen LogP contribution in [0.25, 0.3) is 0 Å². The van der Waals surface area contributed by atoms with Crippen molar-refractivity contribution in [1.29, 1.82) is 0 Å². The number of methoxy groups -OCH3 is 2. The summed E-state index contributed by atoms with van der Waals surface area (Å²) in [5, 5.41) is 5.11. The number of ether oxygens (including phenoxy) is 3. The molecule has 1 atom stereocenters. The molecule has 0 aliphatic rings. The Morgan fingerprint density at radius 1 is 0.966 bits per heavy atom. The number of carbonyl (C=O) groups excluding carboxylic acids is 3. The maximum absolute atomic E-state index is 12.2. The van der Waals surface area contributed by atoms with Gasteiger partial charge in [0.1, 0.15) is 6.54 Å². The zero-order valence-electron chi connectivity index (χ0n) is 16.6. The Labute approximate surface area is 169 Å². The second kappa shape index (κ2) is 10.7. The average Bonchev–Trinajstić information content (AvgIpc) is 2.72. The first kappa shape index (κ1) is 21.7. The first-order chi connectivity index (χ1) is 13.9. The Morgan fingerprint density at radius 3 is 2.31 bits per heavy atom. The van der Waals surface area contributed by atoms with Gasteiger partial charge in [-0.15, -0.1) is 0 Å². The van der Waals surface area contributed by atoms with Crippen molar-refractivity contribution in [3.63, 3.8) is 0 Å². The Hall–Kier alpha value is -3.55. The van der Waals surface area contributed by atoms with Crippen LogP contribution >= 0.6 is 0 Å². The molecule has 0 spiro atoms. The van der Waals surface area contributed by atoms with E-state index in [1.165, 1.54) is 21.1 Å². The monoisotopic (exact) mass is 400 g/mol. The Bertz CT molecular complexity index is 854. The first-order valence-electron chi connectivity index (χ1n) is 8.96. The van der Waals surface area contributed by atoms with E-state index in [2.05, 4.69) is 10.6 Å². The van der Waals surface area contributed by atoms with Crippen molar-refractivity contribution in [3.8, 4) is 11.5 Å². The first-order valence-corrected chi connectivity index (χ1v) is 8.96. The van der Waals surface area contributed by atoms with Crippen LogP contribution in [0.2, 0.25) is 0 Å². The van der Waals surface area contributed by atoms with E-state index in [9.17, 15) is 14.4 Å². The Kier molecular flexibility index (Phi) is 8.02. The van der Waals surface area contributed by atoms with Crippen molar-refractivity contribution in [2.45, 2.75) is 19.4 Å². The second-order valence-corrected chi connectivity index (χ2v) is 6.13. The molecule has 2 aromatic carbocycles. The van der Waals surface area contributed by atoms with Crippen molar-refractivity contribution in [2.24, 2.45) is 0 Å². The van der Waals surface area contributed by atoms with Crippen molar-refractivity contribution in [3.05, 3.63) is 54.1 Å². The molecule has 8 heteroatoms. The number of nitrogens with one attached hydrogen (secondary N) is 2. The molecule has 0 aliphatic carbocycles. The molecule has 2 aromatic rings. The van der Waals surface area contributed by atoms with E-state index < -0.39 is 18.0 Å². The second-order valence-electron chi connectivity index (χ2n) is 6.13. The van der Waals surface area contributed by atoms with Gasteiger partial charge in [-0.05, 0) is 24.6 Å². The molecule has 0 fully saturated rings. The van der Waals surface area contributed by atoms with Gasteiger partial charge >= 0.3 is 5.97 Å². The number of rotatable bonds is 9. The van der Waals surface area contributed by atoms with Gasteiger partial charge in [0.15, 0.2) is 17.6 Å². The van der Waals surface area contributed by atoms with Gasteiger partial charge in [0.25, 0.3) is 5.91 Å². The van der Waals surface area contributed by atoms with E-state index in [0.717, 1.165) is 5.56 Å². The van der Waals surface area contributed by atoms with Crippen molar-refractivity contribution < 1.29 is 28.6 Å². The molecule has 29 heavy (non-hydrogen) atoms. The summed E-state index contributed by atoms with van der Waals surface area (Å²) in [6, 6.07) is 14.0. The minimum Gasteiger partial charge on any atom is -0.493 e. The predicted octanol–water partition coefficient (Wildman–Crippen LogP) is 1.93. The van der Waals surface area contributed by atoms with Gasteiger partial charge in [-0.3, -0.25) is 14.4 Å². The normalized spacial score (nSPS) is 11.1. The molecule has 0 bridgehead atoms. The molecular weight excluding hydrogens is 376 g/mol. The summed E-state index contributed by atoms with van der Waals surface area (Å²) in [6.07, 6.45) is -0.884. The standard InChI is InChI=1S/C21H24N2O6/c1-14(21(26)23-16-9-10-17(27-2)18(12-16)28-3)29-20(25)13-22-19(24)11-15-7-5-4-6-8-15/h4-10,12,14H,11,13H2,1-3H3,(H,22,24)(H,23,26)/t14-/m0/s1. The zero-order valence-corrected chi connectivity index (χ0v) is 16.6. The number of esters is 1. The Morgan fingerprint density at radius 2 is 1.66 bits per heavy atom. The summed E-state index contributed by atoms with van der Waals surface area (Å²) < 4.78 is 15.4. The summed E-state index contributed by atoms with van der Waals surface area (Å²) in [4.78, 5) is 36.0. The summed E-state index contributed by atoms with van der Waals surface area (Å²) in [7, 11) is 3.00. The molecule has 0 saturated heterocycles. The van der Waals surface area contributed by atoms with Crippen LogP contribution in [0.3, 0.4) is 0 Å². The van der Waals surface area contributed by atoms with Gasteiger partial charge in [-0.2, -0.15) is 0 Å². The minimum absolute atomic E-state index is 0.156. The molecule has 0 aliphatic heterocycles. The molecule has 2 amide bonds. The third-order valence-corrected chi connectivity index (χ3v) is 3.97. The zero-order chi connectivity index (χ0) is 21.2. The SMILES string of the molecule is COc1ccc(NC(=O)[C@H](C)OC(=O)CNC(=O)Cc2ccccc2)cc1OC. The number of hydrogen-bond donors (Lipinski definition) is 2. The fourth-order valence-corrected chi connectivity index (χ4v) is 2.46. The third kappa shape index (κ3) is 6.84. The van der Waals surface area contributed by atoms with Gasteiger partial charge in [0.05, 0.1) is 20.6 Å². The molecule has 154 valence electrons. The van der Waals surface area contributed by atoms with Gasteiger partial charge in [-0.25, -0.2) is 0 Å². The molecule has 2 rings (SSSR count). The quantitative estimate of drug-likeness (QED) is 0.624. The number of anilines is 1. The van der Waals surface area contributed by atoms with Crippen LogP contribution < -0.4 is 20.1 Å². The number of benzene rings is 2. The van der Waals surface area contributed by atoms with Crippen molar-refractivity contribution in [2.75, 3.05) is 26.1 Å². The maximum Gasteiger partial charge on any atom is 0.326 e. The highest BCUT2D eigenvalue weighted by Gasteiger charge is 2.19. The summed E-state index contributed by atoms with van der Waals surface area (Å²) in [5.74, 6) is -0.551. The van der Waals surface area contributed by atoms with Gasteiger partial charge in [0, 0.05) is 11.8 Å². The van der Waals surface area contributed by atoms with E-state index >= 15 is 0 Å². The van der Waals surface area contributed by atoms with Gasteiger partial charge in [-0.1, -0.05) is 30.3 Å². The van der Waals surface area contributed by atoms with Crippen LogP contribution in [0.1, 0.15) is 12.5 Å². The smallest absolute Gasteiger partial charge is 0.326 e. The van der Waals surface area contributed by atoms with E-state index in [1.54, 1.807) is 18.2 Å². The lowest BCUT2D eigenvalue weighted by atomic mass is 10.1. The lowest BCUT2D eigenvalue weighted by molar-refractivity contribution is -0.152. The molecule has 2 N–H and O–H groups in total. The van der Waals surface area contributed by atoms with E-state index in [0.29, 0.717) is 17.2 Å². The molecule has 8 nitrogen and oxygen atoms in total. The van der Waals surface area contributed by atoms with Crippen LogP contribution in [-0.2, 0) is 25.5 Å². The molecule has 0 radical (unpaired) electrons. The predicted molar refractivity (Wildman–Crippen MR) is 107 cm³/mol. The lowest BCUT2D eigenvalue weighted by Crippen LogP contribution is -2.36. The fraction of sp³-hybridized carbons (Fsp3) is 0.286. The fourth-order valence-electron chi connectivity index (χ4n) is 2.46. The topological polar surface area (TPSA) is 103 Å². The van der Waals surface area contributed by atoms with E-state index in [-0.39, 0.29) is 18.9 Å². The van der Waals surface area contributed by atoms with E-state index in [1.807, 2.05) is 30.3 Å². The summed E-state index contributed by atoms with van der Waals surface area (Å²) >= 11 is 0. The van der Waals surface area contributed by atoms with Crippen LogP contribution in [0, 0.1) is 0 Å². The summed E-state index contributed by atoms with van der Waals surface area (Å²) in [5.41, 5.74) is 1.30. The lowest BCUT2D eigenvalue weighted by Gasteiger charge is -2.15.